The highest BCUT2D eigenvalue weighted by Gasteiger charge is 2.17. The van der Waals surface area contributed by atoms with Crippen LogP contribution < -0.4 is 5.32 Å². The molecule has 0 saturated heterocycles. The number of para-hydroxylation sites is 1. The Bertz CT molecular complexity index is 559. The molecule has 0 amide bonds. The summed E-state index contributed by atoms with van der Waals surface area (Å²) < 4.78 is 5.05. The lowest BCUT2D eigenvalue weighted by molar-refractivity contribution is 0.181. The molecule has 2 aromatic rings. The Morgan fingerprint density at radius 3 is 3.12 bits per heavy atom. The van der Waals surface area contributed by atoms with E-state index in [0.717, 1.165) is 22.2 Å². The molecule has 1 aliphatic rings. The minimum Gasteiger partial charge on any atom is -0.378 e. The van der Waals surface area contributed by atoms with Crippen LogP contribution in [0.4, 0.5) is 11.5 Å². The molecule has 0 spiro atoms. The van der Waals surface area contributed by atoms with Gasteiger partial charge in [-0.05, 0) is 12.1 Å². The topological polar surface area (TPSA) is 47.0 Å². The Balaban J connectivity index is 1.97. The van der Waals surface area contributed by atoms with Crippen LogP contribution in [0.1, 0.15) is 5.69 Å². The van der Waals surface area contributed by atoms with Crippen LogP contribution in [0.15, 0.2) is 40.4 Å². The highest BCUT2D eigenvalue weighted by molar-refractivity contribution is 7.99. The van der Waals surface area contributed by atoms with E-state index in [0.29, 0.717) is 6.61 Å². The Hall–Kier alpha value is -1.59. The van der Waals surface area contributed by atoms with Gasteiger partial charge in [0.1, 0.15) is 5.03 Å². The average molecular weight is 245 g/mol. The lowest BCUT2D eigenvalue weighted by Gasteiger charge is -2.18. The van der Waals surface area contributed by atoms with Gasteiger partial charge in [0.05, 0.1) is 24.2 Å². The van der Waals surface area contributed by atoms with E-state index in [4.69, 9.17) is 4.74 Å². The van der Waals surface area contributed by atoms with E-state index in [1.165, 1.54) is 4.90 Å². The summed E-state index contributed by atoms with van der Waals surface area (Å²) in [4.78, 5) is 10.1. The normalized spacial score (nSPS) is 12.5. The second-order valence-electron chi connectivity index (χ2n) is 3.67. The Labute approximate surface area is 103 Å². The number of ether oxygens (including phenoxy) is 1. The highest BCUT2D eigenvalue weighted by Crippen LogP contribution is 2.41. The molecule has 1 aromatic heterocycles. The van der Waals surface area contributed by atoms with Crippen molar-refractivity contribution in [3.8, 4) is 0 Å². The van der Waals surface area contributed by atoms with Crippen LogP contribution in [0.3, 0.4) is 0 Å². The number of anilines is 2. The van der Waals surface area contributed by atoms with Gasteiger partial charge in [0.2, 0.25) is 0 Å². The number of methoxy groups -OCH3 is 1. The van der Waals surface area contributed by atoms with Gasteiger partial charge < -0.3 is 10.1 Å². The molecule has 5 heteroatoms. The van der Waals surface area contributed by atoms with Crippen molar-refractivity contribution in [3.63, 3.8) is 0 Å². The number of nitrogens with one attached hydrogen (secondary N) is 1. The van der Waals surface area contributed by atoms with Crippen molar-refractivity contribution in [2.24, 2.45) is 0 Å². The van der Waals surface area contributed by atoms with Crippen LogP contribution in [-0.2, 0) is 11.3 Å². The summed E-state index contributed by atoms with van der Waals surface area (Å²) in [6, 6.07) is 8.13. The molecule has 1 N–H and O–H groups in total. The minimum absolute atomic E-state index is 0.480. The fraction of sp³-hybridized carbons (Fsp3) is 0.167. The molecule has 0 unspecified atom stereocenters. The van der Waals surface area contributed by atoms with Gasteiger partial charge in [-0.25, -0.2) is 9.97 Å². The molecule has 0 aliphatic carbocycles. The van der Waals surface area contributed by atoms with E-state index >= 15 is 0 Å². The molecular formula is C12H11N3OS. The monoisotopic (exact) mass is 245 g/mol. The van der Waals surface area contributed by atoms with Gasteiger partial charge >= 0.3 is 0 Å². The van der Waals surface area contributed by atoms with E-state index in [1.807, 2.05) is 18.2 Å². The molecule has 1 aromatic carbocycles. The number of hydrogen-bond donors (Lipinski definition) is 1. The Kier molecular flexibility index (Phi) is 2.70. The molecule has 0 fully saturated rings. The molecule has 86 valence electrons. The Morgan fingerprint density at radius 2 is 2.24 bits per heavy atom. The summed E-state index contributed by atoms with van der Waals surface area (Å²) in [5, 5.41) is 4.20. The SMILES string of the molecule is COCc1cnc2c(n1)Nc1ccccc1S2. The zero-order valence-electron chi connectivity index (χ0n) is 9.30. The van der Waals surface area contributed by atoms with Gasteiger partial charge in [-0.2, -0.15) is 0 Å². The van der Waals surface area contributed by atoms with Crippen LogP contribution in [0, 0.1) is 0 Å². The van der Waals surface area contributed by atoms with Crippen molar-refractivity contribution in [1.29, 1.82) is 0 Å². The molecule has 0 bridgehead atoms. The lowest BCUT2D eigenvalue weighted by Crippen LogP contribution is -2.06. The number of hydrogen-bond acceptors (Lipinski definition) is 5. The lowest BCUT2D eigenvalue weighted by atomic mass is 10.3. The van der Waals surface area contributed by atoms with E-state index < -0.39 is 0 Å². The second-order valence-corrected chi connectivity index (χ2v) is 4.70. The largest absolute Gasteiger partial charge is 0.378 e. The van der Waals surface area contributed by atoms with Crippen LogP contribution in [0.2, 0.25) is 0 Å². The fourth-order valence-corrected chi connectivity index (χ4v) is 2.56. The highest BCUT2D eigenvalue weighted by atomic mass is 32.2. The molecule has 0 saturated carbocycles. The molecule has 3 rings (SSSR count). The van der Waals surface area contributed by atoms with Crippen LogP contribution in [0.5, 0.6) is 0 Å². The minimum atomic E-state index is 0.480. The van der Waals surface area contributed by atoms with Gasteiger partial charge in [-0.15, -0.1) is 0 Å². The van der Waals surface area contributed by atoms with Crippen molar-refractivity contribution in [2.75, 3.05) is 12.4 Å². The molecule has 0 radical (unpaired) electrons. The van der Waals surface area contributed by atoms with Crippen molar-refractivity contribution >= 4 is 23.3 Å². The number of benzene rings is 1. The number of rotatable bonds is 2. The number of fused-ring (bicyclic) bond motifs is 2. The smallest absolute Gasteiger partial charge is 0.163 e. The molecule has 2 heterocycles. The maximum absolute atomic E-state index is 5.05. The molecule has 0 atom stereocenters. The van der Waals surface area contributed by atoms with E-state index in [2.05, 4.69) is 21.4 Å². The third-order valence-corrected chi connectivity index (χ3v) is 3.50. The second kappa shape index (κ2) is 4.35. The fourth-order valence-electron chi connectivity index (χ4n) is 1.68. The molecule has 4 nitrogen and oxygen atoms in total. The van der Waals surface area contributed by atoms with Crippen molar-refractivity contribution < 1.29 is 4.74 Å². The summed E-state index contributed by atoms with van der Waals surface area (Å²) in [5.74, 6) is 0.809. The van der Waals surface area contributed by atoms with Crippen LogP contribution >= 0.6 is 11.8 Å². The van der Waals surface area contributed by atoms with E-state index in [1.54, 1.807) is 25.1 Å². The maximum atomic E-state index is 5.05. The quantitative estimate of drug-likeness (QED) is 0.752. The predicted octanol–water partition coefficient (Wildman–Crippen LogP) is 2.83. The van der Waals surface area contributed by atoms with Crippen molar-refractivity contribution in [3.05, 3.63) is 36.2 Å². The van der Waals surface area contributed by atoms with Gasteiger partial charge in [-0.1, -0.05) is 23.9 Å². The third kappa shape index (κ3) is 1.99. The summed E-state index contributed by atoms with van der Waals surface area (Å²) in [6.45, 7) is 0.480. The summed E-state index contributed by atoms with van der Waals surface area (Å²) in [6.07, 6.45) is 1.75. The van der Waals surface area contributed by atoms with Gasteiger partial charge in [0.25, 0.3) is 0 Å². The molecular weight excluding hydrogens is 234 g/mol. The zero-order chi connectivity index (χ0) is 11.7. The Morgan fingerprint density at radius 1 is 1.35 bits per heavy atom. The van der Waals surface area contributed by atoms with Gasteiger partial charge in [-0.3, -0.25) is 0 Å². The molecule has 1 aliphatic heterocycles. The van der Waals surface area contributed by atoms with Gasteiger partial charge in [0.15, 0.2) is 5.82 Å². The third-order valence-electron chi connectivity index (χ3n) is 2.43. The first-order chi connectivity index (χ1) is 8.36. The van der Waals surface area contributed by atoms with Crippen LogP contribution in [-0.4, -0.2) is 17.1 Å². The first-order valence-corrected chi connectivity index (χ1v) is 6.07. The van der Waals surface area contributed by atoms with Crippen molar-refractivity contribution in [2.45, 2.75) is 16.5 Å². The van der Waals surface area contributed by atoms with Crippen molar-refractivity contribution in [1.82, 2.24) is 9.97 Å². The van der Waals surface area contributed by atoms with E-state index in [9.17, 15) is 0 Å². The first-order valence-electron chi connectivity index (χ1n) is 5.25. The maximum Gasteiger partial charge on any atom is 0.163 e. The number of aromatic nitrogens is 2. The summed E-state index contributed by atoms with van der Waals surface area (Å²) in [7, 11) is 1.65. The number of nitrogens with zero attached hydrogens (tertiary/aromatic N) is 2. The average Bonchev–Trinajstić information content (AvgIpc) is 2.36. The summed E-state index contributed by atoms with van der Waals surface area (Å²) >= 11 is 1.63. The standard InChI is InChI=1S/C12H11N3OS/c1-16-7-8-6-13-12-11(14-8)15-9-4-2-3-5-10(9)17-12/h2-6H,7H2,1H3,(H,14,15). The van der Waals surface area contributed by atoms with Gasteiger partial charge in [0, 0.05) is 12.0 Å². The summed E-state index contributed by atoms with van der Waals surface area (Å²) in [5.41, 5.74) is 1.91. The van der Waals surface area contributed by atoms with E-state index in [-0.39, 0.29) is 0 Å². The first kappa shape index (κ1) is 10.6. The van der Waals surface area contributed by atoms with Crippen LogP contribution in [0.25, 0.3) is 0 Å². The predicted molar refractivity (Wildman–Crippen MR) is 66.6 cm³/mol. The molecule has 17 heavy (non-hydrogen) atoms. The zero-order valence-corrected chi connectivity index (χ0v) is 10.1.